The van der Waals surface area contributed by atoms with E-state index in [1.807, 2.05) is 0 Å². The third kappa shape index (κ3) is 7.47. The Morgan fingerprint density at radius 3 is 2.42 bits per heavy atom. The lowest BCUT2D eigenvalue weighted by Gasteiger charge is -2.58. The van der Waals surface area contributed by atoms with Crippen LogP contribution in [0.3, 0.4) is 0 Å². The highest BCUT2D eigenvalue weighted by molar-refractivity contribution is 6.74. The maximum atomic E-state index is 12.2. The Kier molecular flexibility index (Phi) is 10.7. The number of hydrogen-bond acceptors (Lipinski definition) is 4. The maximum Gasteiger partial charge on any atom is 0.306 e. The van der Waals surface area contributed by atoms with Crippen molar-refractivity contribution in [2.75, 3.05) is 6.61 Å². The maximum absolute atomic E-state index is 12.2. The molecule has 1 unspecified atom stereocenters. The predicted molar refractivity (Wildman–Crippen MR) is 177 cm³/mol. The highest BCUT2D eigenvalue weighted by Gasteiger charge is 2.59. The van der Waals surface area contributed by atoms with Gasteiger partial charge in [0, 0.05) is 13.0 Å². The molecule has 246 valence electrons. The number of rotatable bonds is 12. The van der Waals surface area contributed by atoms with Gasteiger partial charge in [-0.3, -0.25) is 9.59 Å². The summed E-state index contributed by atoms with van der Waals surface area (Å²) in [6.45, 7) is 22.7. The third-order valence-electron chi connectivity index (χ3n) is 13.6. The molecule has 0 aromatic rings. The summed E-state index contributed by atoms with van der Waals surface area (Å²) in [5.41, 5.74) is 2.20. The van der Waals surface area contributed by atoms with E-state index in [0.717, 1.165) is 55.5 Å². The molecule has 0 aromatic carbocycles. The SMILES string of the molecule is C[C@H](CCC[C@H](C)[C@H]1CC[C@@H]2[C@@H]3CC=C4C[C@@H](OC(=O)CCC(=O)O)CC[C@]4(C)C3CC[C@@]21C)CO[Si](C)(C)C(C)(C)C. The van der Waals surface area contributed by atoms with E-state index < -0.39 is 14.3 Å². The van der Waals surface area contributed by atoms with Crippen molar-refractivity contribution >= 4 is 20.3 Å². The number of carboxylic acids is 1. The number of carbonyl (C=O) groups is 2. The molecule has 6 heteroatoms. The lowest BCUT2D eigenvalue weighted by Crippen LogP contribution is -2.51. The fourth-order valence-electron chi connectivity index (χ4n) is 9.80. The number of aliphatic carboxylic acids is 1. The van der Waals surface area contributed by atoms with Crippen LogP contribution in [0.5, 0.6) is 0 Å². The fraction of sp³-hybridized carbons (Fsp3) is 0.892. The summed E-state index contributed by atoms with van der Waals surface area (Å²) in [4.78, 5) is 23.1. The number of carbonyl (C=O) groups excluding carboxylic acids is 1. The number of allylic oxidation sites excluding steroid dienone is 1. The van der Waals surface area contributed by atoms with Crippen LogP contribution in [0.4, 0.5) is 0 Å². The highest BCUT2D eigenvalue weighted by Crippen LogP contribution is 2.67. The molecule has 9 atom stereocenters. The normalized spacial score (nSPS) is 35.7. The summed E-state index contributed by atoms with van der Waals surface area (Å²) in [7, 11) is -1.67. The van der Waals surface area contributed by atoms with Crippen LogP contribution in [0.2, 0.25) is 18.1 Å². The van der Waals surface area contributed by atoms with Gasteiger partial charge in [-0.05, 0) is 116 Å². The van der Waals surface area contributed by atoms with Crippen molar-refractivity contribution in [2.45, 2.75) is 156 Å². The van der Waals surface area contributed by atoms with E-state index in [1.54, 1.807) is 0 Å². The predicted octanol–water partition coefficient (Wildman–Crippen LogP) is 9.81. The van der Waals surface area contributed by atoms with Gasteiger partial charge in [-0.1, -0.05) is 73.0 Å². The minimum Gasteiger partial charge on any atom is -0.481 e. The number of fused-ring (bicyclic) bond motifs is 5. The molecule has 0 aliphatic heterocycles. The quantitative estimate of drug-likeness (QED) is 0.134. The van der Waals surface area contributed by atoms with Crippen LogP contribution >= 0.6 is 0 Å². The first-order chi connectivity index (χ1) is 20.0. The van der Waals surface area contributed by atoms with Crippen LogP contribution in [0.15, 0.2) is 11.6 Å². The zero-order chi connectivity index (χ0) is 31.8. The van der Waals surface area contributed by atoms with Crippen LogP contribution < -0.4 is 0 Å². The first kappa shape index (κ1) is 34.7. The fourth-order valence-corrected chi connectivity index (χ4v) is 10.9. The van der Waals surface area contributed by atoms with Gasteiger partial charge in [0.15, 0.2) is 8.32 Å². The van der Waals surface area contributed by atoms with Gasteiger partial charge in [0.05, 0.1) is 12.8 Å². The zero-order valence-electron chi connectivity index (χ0n) is 29.1. The summed E-state index contributed by atoms with van der Waals surface area (Å²) in [5.74, 6) is 3.32. The second-order valence-electron chi connectivity index (χ2n) is 17.3. The van der Waals surface area contributed by atoms with Gasteiger partial charge < -0.3 is 14.3 Å². The van der Waals surface area contributed by atoms with Crippen molar-refractivity contribution in [2.24, 2.45) is 46.3 Å². The molecule has 3 fully saturated rings. The number of carboxylic acid groups (broad SMARTS) is 1. The van der Waals surface area contributed by atoms with Gasteiger partial charge in [-0.2, -0.15) is 0 Å². The molecule has 0 bridgehead atoms. The van der Waals surface area contributed by atoms with Gasteiger partial charge in [0.25, 0.3) is 0 Å². The van der Waals surface area contributed by atoms with Crippen molar-refractivity contribution in [1.29, 1.82) is 0 Å². The van der Waals surface area contributed by atoms with E-state index in [2.05, 4.69) is 67.6 Å². The molecule has 0 spiro atoms. The standard InChI is InChI=1S/C37H64O5Si/c1-25(24-41-43(8,9)35(3,4)5)11-10-12-26(2)30-15-16-31-29-14-13-27-23-28(42-34(40)18-17-33(38)39)19-21-36(27,6)32(29)20-22-37(30,31)7/h13,25-26,28-32H,10-12,14-24H2,1-9H3,(H,38,39)/t25-,26+,28+,29+,30-,31-,32?,36+,37-/m1/s1. The molecule has 4 rings (SSSR count). The largest absolute Gasteiger partial charge is 0.481 e. The average molecular weight is 617 g/mol. The Morgan fingerprint density at radius 2 is 1.74 bits per heavy atom. The molecule has 0 radical (unpaired) electrons. The Balaban J connectivity index is 1.30. The molecular weight excluding hydrogens is 552 g/mol. The Labute approximate surface area is 264 Å². The second-order valence-corrected chi connectivity index (χ2v) is 22.1. The summed E-state index contributed by atoms with van der Waals surface area (Å²) in [6, 6.07) is 0. The molecule has 1 N–H and O–H groups in total. The van der Waals surface area contributed by atoms with Crippen LogP contribution in [0.1, 0.15) is 132 Å². The molecule has 0 amide bonds. The number of esters is 1. The average Bonchev–Trinajstić information content (AvgIpc) is 3.27. The van der Waals surface area contributed by atoms with E-state index in [1.165, 1.54) is 56.9 Å². The molecule has 0 aromatic heterocycles. The van der Waals surface area contributed by atoms with Gasteiger partial charge >= 0.3 is 11.9 Å². The first-order valence-corrected chi connectivity index (χ1v) is 20.6. The van der Waals surface area contributed by atoms with Crippen molar-refractivity contribution in [3.05, 3.63) is 11.6 Å². The molecule has 43 heavy (non-hydrogen) atoms. The van der Waals surface area contributed by atoms with Crippen molar-refractivity contribution in [1.82, 2.24) is 0 Å². The van der Waals surface area contributed by atoms with Crippen molar-refractivity contribution < 1.29 is 23.9 Å². The molecule has 0 heterocycles. The third-order valence-corrected chi connectivity index (χ3v) is 18.1. The van der Waals surface area contributed by atoms with Crippen LogP contribution in [0.25, 0.3) is 0 Å². The van der Waals surface area contributed by atoms with Gasteiger partial charge in [-0.25, -0.2) is 0 Å². The van der Waals surface area contributed by atoms with Crippen LogP contribution in [-0.4, -0.2) is 38.1 Å². The summed E-state index contributed by atoms with van der Waals surface area (Å²) < 4.78 is 12.3. The van der Waals surface area contributed by atoms with Gasteiger partial charge in [0.2, 0.25) is 0 Å². The number of hydrogen-bond donors (Lipinski definition) is 1. The Bertz CT molecular complexity index is 1030. The van der Waals surface area contributed by atoms with Crippen LogP contribution in [0, 0.1) is 46.3 Å². The monoisotopic (exact) mass is 616 g/mol. The second kappa shape index (κ2) is 13.3. The minimum atomic E-state index is -1.67. The molecule has 3 saturated carbocycles. The van der Waals surface area contributed by atoms with Crippen molar-refractivity contribution in [3.8, 4) is 0 Å². The first-order valence-electron chi connectivity index (χ1n) is 17.7. The minimum absolute atomic E-state index is 0.0304. The van der Waals surface area contributed by atoms with E-state index >= 15 is 0 Å². The van der Waals surface area contributed by atoms with Gasteiger partial charge in [0.1, 0.15) is 6.10 Å². The molecule has 4 aliphatic carbocycles. The van der Waals surface area contributed by atoms with E-state index in [0.29, 0.717) is 11.3 Å². The van der Waals surface area contributed by atoms with E-state index in [4.69, 9.17) is 14.3 Å². The Morgan fingerprint density at radius 1 is 1.02 bits per heavy atom. The summed E-state index contributed by atoms with van der Waals surface area (Å²) >= 11 is 0. The smallest absolute Gasteiger partial charge is 0.306 e. The van der Waals surface area contributed by atoms with Gasteiger partial charge in [-0.15, -0.1) is 0 Å². The topological polar surface area (TPSA) is 72.8 Å². The number of ether oxygens (including phenoxy) is 1. The van der Waals surface area contributed by atoms with Crippen molar-refractivity contribution in [3.63, 3.8) is 0 Å². The van der Waals surface area contributed by atoms with E-state index in [9.17, 15) is 9.59 Å². The zero-order valence-corrected chi connectivity index (χ0v) is 30.1. The Hall–Kier alpha value is -1.14. The lowest BCUT2D eigenvalue weighted by molar-refractivity contribution is -0.154. The lowest BCUT2D eigenvalue weighted by atomic mass is 9.47. The highest BCUT2D eigenvalue weighted by atomic mass is 28.4. The summed E-state index contributed by atoms with van der Waals surface area (Å²) in [6.07, 6.45) is 15.7. The van der Waals surface area contributed by atoms with Crippen LogP contribution in [-0.2, 0) is 18.8 Å². The molecule has 4 aliphatic rings. The molecular formula is C37H64O5Si. The summed E-state index contributed by atoms with van der Waals surface area (Å²) in [5, 5.41) is 9.17. The molecule has 5 nitrogen and oxygen atoms in total. The molecule has 0 saturated heterocycles. The van der Waals surface area contributed by atoms with E-state index in [-0.39, 0.29) is 35.4 Å².